The second-order valence-electron chi connectivity index (χ2n) is 7.00. The summed E-state index contributed by atoms with van der Waals surface area (Å²) in [6, 6.07) is 18.9. The number of carboxylic acids is 1. The third kappa shape index (κ3) is 4.57. The number of carboxylic acid groups (broad SMARTS) is 1. The molecule has 0 fully saturated rings. The van der Waals surface area contributed by atoms with E-state index < -0.39 is 24.6 Å². The molecule has 4 rings (SSSR count). The second kappa shape index (κ2) is 9.27. The van der Waals surface area contributed by atoms with Crippen molar-refractivity contribution in [3.05, 3.63) is 83.7 Å². The molecule has 9 heteroatoms. The van der Waals surface area contributed by atoms with Gasteiger partial charge in [-0.15, -0.1) is 0 Å². The van der Waals surface area contributed by atoms with Crippen LogP contribution in [0.3, 0.4) is 0 Å². The summed E-state index contributed by atoms with van der Waals surface area (Å²) >= 11 is 0. The molecule has 0 unspecified atom stereocenters. The van der Waals surface area contributed by atoms with Crippen molar-refractivity contribution in [2.45, 2.75) is 5.92 Å². The molecule has 162 valence electrons. The van der Waals surface area contributed by atoms with Gasteiger partial charge in [0.1, 0.15) is 12.3 Å². The first-order valence-electron chi connectivity index (χ1n) is 9.75. The van der Waals surface area contributed by atoms with Gasteiger partial charge in [-0.25, -0.2) is 20.1 Å². The number of carbonyl (C=O) groups is 3. The number of aliphatic carboxylic acids is 1. The third-order valence-corrected chi connectivity index (χ3v) is 4.95. The van der Waals surface area contributed by atoms with Crippen LogP contribution in [0.4, 0.5) is 10.5 Å². The molecule has 1 aliphatic carbocycles. The molecule has 3 N–H and O–H groups in total. The number of fused-ring (bicyclic) bond motifs is 3. The SMILES string of the molecule is O=C(O)CONC(=O)c1ccc(NC(=O)OCC2c3ccccc3-c3ccccc32)cn1. The maximum atomic E-state index is 12.3. The highest BCUT2D eigenvalue weighted by Crippen LogP contribution is 2.44. The lowest BCUT2D eigenvalue weighted by molar-refractivity contribution is -0.144. The van der Waals surface area contributed by atoms with Crippen LogP contribution in [0.2, 0.25) is 0 Å². The maximum Gasteiger partial charge on any atom is 0.411 e. The first kappa shape index (κ1) is 21.0. The highest BCUT2D eigenvalue weighted by Gasteiger charge is 2.29. The van der Waals surface area contributed by atoms with Gasteiger partial charge in [0.2, 0.25) is 0 Å². The smallest absolute Gasteiger partial charge is 0.411 e. The minimum absolute atomic E-state index is 0.00604. The monoisotopic (exact) mass is 433 g/mol. The number of amides is 2. The Labute approximate surface area is 183 Å². The predicted molar refractivity (Wildman–Crippen MR) is 114 cm³/mol. The Morgan fingerprint density at radius 3 is 2.19 bits per heavy atom. The van der Waals surface area contributed by atoms with Crippen LogP contribution in [0, 0.1) is 0 Å². The lowest BCUT2D eigenvalue weighted by Crippen LogP contribution is -2.27. The van der Waals surface area contributed by atoms with Crippen molar-refractivity contribution >= 4 is 23.7 Å². The van der Waals surface area contributed by atoms with Crippen molar-refractivity contribution in [2.24, 2.45) is 0 Å². The van der Waals surface area contributed by atoms with E-state index in [2.05, 4.69) is 27.3 Å². The van der Waals surface area contributed by atoms with Crippen LogP contribution in [0.5, 0.6) is 0 Å². The minimum Gasteiger partial charge on any atom is -0.479 e. The van der Waals surface area contributed by atoms with Crippen molar-refractivity contribution in [1.29, 1.82) is 0 Å². The van der Waals surface area contributed by atoms with Crippen LogP contribution in [0.25, 0.3) is 11.1 Å². The van der Waals surface area contributed by atoms with Crippen LogP contribution in [0.1, 0.15) is 27.5 Å². The average molecular weight is 433 g/mol. The van der Waals surface area contributed by atoms with E-state index in [0.717, 1.165) is 22.3 Å². The molecule has 0 aliphatic heterocycles. The van der Waals surface area contributed by atoms with Gasteiger partial charge in [-0.1, -0.05) is 48.5 Å². The Morgan fingerprint density at radius 1 is 0.938 bits per heavy atom. The van der Waals surface area contributed by atoms with Crippen molar-refractivity contribution in [3.63, 3.8) is 0 Å². The summed E-state index contributed by atoms with van der Waals surface area (Å²) in [5, 5.41) is 11.1. The van der Waals surface area contributed by atoms with E-state index in [0.29, 0.717) is 5.69 Å². The normalized spacial score (nSPS) is 11.9. The number of aromatic nitrogens is 1. The van der Waals surface area contributed by atoms with Crippen molar-refractivity contribution in [1.82, 2.24) is 10.5 Å². The number of anilines is 1. The zero-order chi connectivity index (χ0) is 22.5. The lowest BCUT2D eigenvalue weighted by Gasteiger charge is -2.14. The van der Waals surface area contributed by atoms with Crippen LogP contribution in [-0.2, 0) is 14.4 Å². The van der Waals surface area contributed by atoms with E-state index in [1.54, 1.807) is 0 Å². The van der Waals surface area contributed by atoms with E-state index in [9.17, 15) is 14.4 Å². The maximum absolute atomic E-state index is 12.3. The van der Waals surface area contributed by atoms with Gasteiger partial charge in [-0.2, -0.15) is 0 Å². The lowest BCUT2D eigenvalue weighted by atomic mass is 9.98. The summed E-state index contributed by atoms with van der Waals surface area (Å²) in [5.41, 5.74) is 6.81. The number of rotatable bonds is 7. The van der Waals surface area contributed by atoms with Crippen LogP contribution >= 0.6 is 0 Å². The van der Waals surface area contributed by atoms with Crippen molar-refractivity contribution < 1.29 is 29.1 Å². The van der Waals surface area contributed by atoms with Crippen LogP contribution < -0.4 is 10.8 Å². The van der Waals surface area contributed by atoms with Crippen LogP contribution in [0.15, 0.2) is 66.9 Å². The highest BCUT2D eigenvalue weighted by molar-refractivity contribution is 5.92. The summed E-state index contributed by atoms with van der Waals surface area (Å²) in [6.45, 7) is -0.498. The topological polar surface area (TPSA) is 127 Å². The molecule has 0 saturated carbocycles. The van der Waals surface area contributed by atoms with E-state index in [4.69, 9.17) is 9.84 Å². The minimum atomic E-state index is -1.22. The number of nitrogens with one attached hydrogen (secondary N) is 2. The fourth-order valence-electron chi connectivity index (χ4n) is 3.57. The standard InChI is InChI=1S/C23H19N3O6/c27-21(28)13-32-26-22(29)20-10-9-14(11-24-20)25-23(30)31-12-19-17-7-3-1-5-15(17)16-6-2-4-8-18(16)19/h1-11,19H,12-13H2,(H,25,30)(H,26,29)(H,27,28). The Kier molecular flexibility index (Phi) is 6.09. The van der Waals surface area contributed by atoms with Crippen molar-refractivity contribution in [3.8, 4) is 11.1 Å². The number of hydrogen-bond acceptors (Lipinski definition) is 6. The number of benzene rings is 2. The molecule has 1 heterocycles. The van der Waals surface area contributed by atoms with Gasteiger partial charge in [-0.05, 0) is 34.4 Å². The zero-order valence-corrected chi connectivity index (χ0v) is 16.8. The van der Waals surface area contributed by atoms with Gasteiger partial charge < -0.3 is 9.84 Å². The first-order valence-corrected chi connectivity index (χ1v) is 9.75. The molecule has 0 radical (unpaired) electrons. The number of ether oxygens (including phenoxy) is 1. The Hall–Kier alpha value is -4.24. The highest BCUT2D eigenvalue weighted by atomic mass is 16.7. The number of carbonyl (C=O) groups excluding carboxylic acids is 2. The quantitative estimate of drug-likeness (QED) is 0.488. The Morgan fingerprint density at radius 2 is 1.59 bits per heavy atom. The molecule has 2 amide bonds. The molecule has 1 aromatic heterocycles. The van der Waals surface area contributed by atoms with Gasteiger partial charge in [0.05, 0.1) is 11.9 Å². The Balaban J connectivity index is 1.34. The van der Waals surface area contributed by atoms with Gasteiger partial charge in [0, 0.05) is 5.92 Å². The molecule has 0 saturated heterocycles. The molecular formula is C23H19N3O6. The van der Waals surface area contributed by atoms with Crippen LogP contribution in [-0.4, -0.2) is 41.3 Å². The number of hydrogen-bond donors (Lipinski definition) is 3. The molecular weight excluding hydrogens is 414 g/mol. The molecule has 2 aromatic carbocycles. The van der Waals surface area contributed by atoms with E-state index in [-0.39, 0.29) is 18.2 Å². The molecule has 3 aromatic rings. The molecule has 1 aliphatic rings. The first-order chi connectivity index (χ1) is 15.5. The molecule has 32 heavy (non-hydrogen) atoms. The number of hydroxylamine groups is 1. The van der Waals surface area contributed by atoms with E-state index in [1.165, 1.54) is 18.3 Å². The number of nitrogens with zero attached hydrogens (tertiary/aromatic N) is 1. The van der Waals surface area contributed by atoms with E-state index in [1.807, 2.05) is 41.9 Å². The van der Waals surface area contributed by atoms with Gasteiger partial charge in [-0.3, -0.25) is 14.9 Å². The van der Waals surface area contributed by atoms with Gasteiger partial charge >= 0.3 is 12.1 Å². The fraction of sp³-hybridized carbons (Fsp3) is 0.130. The van der Waals surface area contributed by atoms with Crippen molar-refractivity contribution in [2.75, 3.05) is 18.5 Å². The molecule has 9 nitrogen and oxygen atoms in total. The number of pyridine rings is 1. The summed E-state index contributed by atoms with van der Waals surface area (Å²) in [7, 11) is 0. The third-order valence-electron chi connectivity index (χ3n) is 4.95. The summed E-state index contributed by atoms with van der Waals surface area (Å²) in [4.78, 5) is 42.9. The van der Waals surface area contributed by atoms with Gasteiger partial charge in [0.25, 0.3) is 5.91 Å². The second-order valence-corrected chi connectivity index (χ2v) is 7.00. The fourth-order valence-corrected chi connectivity index (χ4v) is 3.57. The predicted octanol–water partition coefficient (Wildman–Crippen LogP) is 3.19. The molecule has 0 bridgehead atoms. The molecule has 0 atom stereocenters. The summed E-state index contributed by atoms with van der Waals surface area (Å²) in [5.74, 6) is -1.98. The average Bonchev–Trinajstić information content (AvgIpc) is 3.12. The summed E-state index contributed by atoms with van der Waals surface area (Å²) < 4.78 is 5.46. The largest absolute Gasteiger partial charge is 0.479 e. The van der Waals surface area contributed by atoms with Gasteiger partial charge in [0.15, 0.2) is 6.61 Å². The Bertz CT molecular complexity index is 1120. The van der Waals surface area contributed by atoms with E-state index >= 15 is 0 Å². The zero-order valence-electron chi connectivity index (χ0n) is 16.8. The summed E-state index contributed by atoms with van der Waals surface area (Å²) in [6.07, 6.45) is 0.642. The molecule has 0 spiro atoms.